The zero-order valence-electron chi connectivity index (χ0n) is 12.7. The molecule has 0 spiro atoms. The van der Waals surface area contributed by atoms with E-state index < -0.39 is 0 Å². The molecule has 1 N–H and O–H groups in total. The molecule has 0 bridgehead atoms. The summed E-state index contributed by atoms with van der Waals surface area (Å²) in [4.78, 5) is 10.9. The van der Waals surface area contributed by atoms with Gasteiger partial charge in [0.25, 0.3) is 0 Å². The van der Waals surface area contributed by atoms with Crippen LogP contribution >= 0.6 is 0 Å². The third-order valence-electron chi connectivity index (χ3n) is 2.66. The highest BCUT2D eigenvalue weighted by molar-refractivity contribution is 5.34. The minimum Gasteiger partial charge on any atom is -0.380 e. The number of ether oxygens (including phenoxy) is 1. The van der Waals surface area contributed by atoms with Crippen molar-refractivity contribution < 1.29 is 4.74 Å². The molecular formula is C14H26N4O. The van der Waals surface area contributed by atoms with Gasteiger partial charge in [0.05, 0.1) is 24.7 Å². The Bertz CT molecular complexity index is 359. The normalized spacial score (nSPS) is 11.6. The van der Waals surface area contributed by atoms with Gasteiger partial charge in [0, 0.05) is 32.3 Å². The summed E-state index contributed by atoms with van der Waals surface area (Å²) in [5.41, 5.74) is 1.05. The molecule has 0 unspecified atom stereocenters. The van der Waals surface area contributed by atoms with Crippen LogP contribution in [0.5, 0.6) is 0 Å². The topological polar surface area (TPSA) is 50.3 Å². The fourth-order valence-electron chi connectivity index (χ4n) is 1.45. The van der Waals surface area contributed by atoms with E-state index in [0.29, 0.717) is 6.61 Å². The van der Waals surface area contributed by atoms with Crippen molar-refractivity contribution >= 4 is 5.82 Å². The summed E-state index contributed by atoms with van der Waals surface area (Å²) in [5, 5.41) is 3.39. The van der Waals surface area contributed by atoms with Gasteiger partial charge < -0.3 is 15.0 Å². The van der Waals surface area contributed by atoms with E-state index in [2.05, 4.69) is 36.1 Å². The molecule has 0 saturated carbocycles. The first-order chi connectivity index (χ1) is 8.92. The summed E-state index contributed by atoms with van der Waals surface area (Å²) >= 11 is 0. The maximum Gasteiger partial charge on any atom is 0.146 e. The lowest BCUT2D eigenvalue weighted by Crippen LogP contribution is -2.35. The minimum atomic E-state index is 0.0919. The van der Waals surface area contributed by atoms with Gasteiger partial charge in [0.15, 0.2) is 0 Å². The number of hydrogen-bond acceptors (Lipinski definition) is 5. The standard InChI is InChI=1S/C14H26N4O/c1-6-19-8-7-18(5)13-11-15-12(9-16-13)10-17-14(2,3)4/h9,11,17H,6-8,10H2,1-5H3. The van der Waals surface area contributed by atoms with Crippen molar-refractivity contribution in [1.29, 1.82) is 0 Å². The average molecular weight is 266 g/mol. The first-order valence-electron chi connectivity index (χ1n) is 6.77. The monoisotopic (exact) mass is 266 g/mol. The summed E-state index contributed by atoms with van der Waals surface area (Å²) in [7, 11) is 2.00. The van der Waals surface area contributed by atoms with Crippen molar-refractivity contribution in [1.82, 2.24) is 15.3 Å². The molecule has 1 rings (SSSR count). The van der Waals surface area contributed by atoms with E-state index in [-0.39, 0.29) is 5.54 Å². The quantitative estimate of drug-likeness (QED) is 0.763. The Kier molecular flexibility index (Phi) is 6.18. The lowest BCUT2D eigenvalue weighted by molar-refractivity contribution is 0.154. The average Bonchev–Trinajstić information content (AvgIpc) is 2.36. The summed E-state index contributed by atoms with van der Waals surface area (Å²) < 4.78 is 5.33. The van der Waals surface area contributed by atoms with E-state index in [1.807, 2.05) is 31.3 Å². The molecule has 0 aliphatic heterocycles. The number of aromatic nitrogens is 2. The van der Waals surface area contributed by atoms with Crippen molar-refractivity contribution in [3.63, 3.8) is 0 Å². The summed E-state index contributed by atoms with van der Waals surface area (Å²) in [5.74, 6) is 0.874. The second-order valence-corrected chi connectivity index (χ2v) is 5.59. The number of nitrogens with zero attached hydrogens (tertiary/aromatic N) is 3. The van der Waals surface area contributed by atoms with E-state index in [9.17, 15) is 0 Å². The van der Waals surface area contributed by atoms with Gasteiger partial charge in [-0.05, 0) is 27.7 Å². The number of anilines is 1. The fraction of sp³-hybridized carbons (Fsp3) is 0.714. The summed E-state index contributed by atoms with van der Waals surface area (Å²) in [6, 6.07) is 0. The van der Waals surface area contributed by atoms with E-state index in [4.69, 9.17) is 4.74 Å². The highest BCUT2D eigenvalue weighted by Crippen LogP contribution is 2.07. The van der Waals surface area contributed by atoms with Crippen LogP contribution < -0.4 is 10.2 Å². The van der Waals surface area contributed by atoms with Crippen LogP contribution in [-0.4, -0.2) is 42.3 Å². The van der Waals surface area contributed by atoms with Crippen LogP contribution in [0.4, 0.5) is 5.82 Å². The minimum absolute atomic E-state index is 0.0919. The first-order valence-corrected chi connectivity index (χ1v) is 6.77. The highest BCUT2D eigenvalue weighted by Gasteiger charge is 2.09. The number of hydrogen-bond donors (Lipinski definition) is 1. The van der Waals surface area contributed by atoms with Gasteiger partial charge in [-0.2, -0.15) is 0 Å². The third kappa shape index (κ3) is 6.50. The molecular weight excluding hydrogens is 240 g/mol. The Balaban J connectivity index is 2.46. The molecule has 0 aliphatic rings. The summed E-state index contributed by atoms with van der Waals surface area (Å²) in [6.07, 6.45) is 3.64. The van der Waals surface area contributed by atoms with Crippen LogP contribution in [0.2, 0.25) is 0 Å². The van der Waals surface area contributed by atoms with E-state index in [0.717, 1.165) is 31.2 Å². The van der Waals surface area contributed by atoms with Gasteiger partial charge in [-0.15, -0.1) is 0 Å². The molecule has 5 nitrogen and oxygen atoms in total. The van der Waals surface area contributed by atoms with Crippen LogP contribution in [0, 0.1) is 0 Å². The summed E-state index contributed by atoms with van der Waals surface area (Å²) in [6.45, 7) is 11.4. The van der Waals surface area contributed by atoms with Crippen molar-refractivity contribution in [2.24, 2.45) is 0 Å². The van der Waals surface area contributed by atoms with Crippen LogP contribution in [0.3, 0.4) is 0 Å². The fourth-order valence-corrected chi connectivity index (χ4v) is 1.45. The van der Waals surface area contributed by atoms with Crippen molar-refractivity contribution in [2.75, 3.05) is 31.7 Å². The van der Waals surface area contributed by atoms with Crippen molar-refractivity contribution in [2.45, 2.75) is 39.8 Å². The first kappa shape index (κ1) is 15.9. The molecule has 19 heavy (non-hydrogen) atoms. The lowest BCUT2D eigenvalue weighted by atomic mass is 10.1. The highest BCUT2D eigenvalue weighted by atomic mass is 16.5. The van der Waals surface area contributed by atoms with E-state index in [1.54, 1.807) is 0 Å². The van der Waals surface area contributed by atoms with Crippen LogP contribution in [0.25, 0.3) is 0 Å². The zero-order valence-corrected chi connectivity index (χ0v) is 12.7. The maximum atomic E-state index is 5.33. The van der Waals surface area contributed by atoms with Crippen LogP contribution in [-0.2, 0) is 11.3 Å². The van der Waals surface area contributed by atoms with Gasteiger partial charge in [-0.1, -0.05) is 0 Å². The van der Waals surface area contributed by atoms with Gasteiger partial charge in [0.2, 0.25) is 0 Å². The predicted octanol–water partition coefficient (Wildman–Crippen LogP) is 1.84. The number of rotatable bonds is 7. The van der Waals surface area contributed by atoms with Gasteiger partial charge in [-0.25, -0.2) is 4.98 Å². The molecule has 108 valence electrons. The number of nitrogens with one attached hydrogen (secondary N) is 1. The van der Waals surface area contributed by atoms with E-state index >= 15 is 0 Å². The second-order valence-electron chi connectivity index (χ2n) is 5.59. The van der Waals surface area contributed by atoms with Crippen molar-refractivity contribution in [3.05, 3.63) is 18.1 Å². The molecule has 0 amide bonds. The zero-order chi connectivity index (χ0) is 14.3. The predicted molar refractivity (Wildman–Crippen MR) is 78.4 cm³/mol. The van der Waals surface area contributed by atoms with Crippen molar-refractivity contribution in [3.8, 4) is 0 Å². The Morgan fingerprint density at radius 2 is 2.00 bits per heavy atom. The molecule has 0 aliphatic carbocycles. The van der Waals surface area contributed by atoms with Crippen LogP contribution in [0.15, 0.2) is 12.4 Å². The smallest absolute Gasteiger partial charge is 0.146 e. The Hall–Kier alpha value is -1.20. The van der Waals surface area contributed by atoms with Gasteiger partial charge in [0.1, 0.15) is 5.82 Å². The molecule has 0 radical (unpaired) electrons. The molecule has 5 heteroatoms. The van der Waals surface area contributed by atoms with Crippen LogP contribution in [0.1, 0.15) is 33.4 Å². The Morgan fingerprint density at radius 3 is 2.53 bits per heavy atom. The largest absolute Gasteiger partial charge is 0.380 e. The molecule has 1 aromatic rings. The molecule has 1 heterocycles. The van der Waals surface area contributed by atoms with Gasteiger partial charge >= 0.3 is 0 Å². The molecule has 0 saturated heterocycles. The Labute approximate surface area is 116 Å². The molecule has 1 aromatic heterocycles. The third-order valence-corrected chi connectivity index (χ3v) is 2.66. The number of likely N-dealkylation sites (N-methyl/N-ethyl adjacent to an activating group) is 1. The molecule has 0 atom stereocenters. The maximum absolute atomic E-state index is 5.33. The molecule has 0 fully saturated rings. The van der Waals surface area contributed by atoms with Gasteiger partial charge in [-0.3, -0.25) is 4.98 Å². The second kappa shape index (κ2) is 7.40. The molecule has 0 aromatic carbocycles. The van der Waals surface area contributed by atoms with E-state index in [1.165, 1.54) is 0 Å². The SMILES string of the molecule is CCOCCN(C)c1cnc(CNC(C)(C)C)cn1. The lowest BCUT2D eigenvalue weighted by Gasteiger charge is -2.21. The Morgan fingerprint density at radius 1 is 1.26 bits per heavy atom.